The van der Waals surface area contributed by atoms with Gasteiger partial charge < -0.3 is 4.90 Å². The Bertz CT molecular complexity index is 551. The van der Waals surface area contributed by atoms with Crippen molar-refractivity contribution in [1.29, 1.82) is 0 Å². The molecular weight excluding hydrogens is 319 g/mol. The molecule has 0 spiro atoms. The first-order valence-electron chi connectivity index (χ1n) is 7.11. The van der Waals surface area contributed by atoms with Crippen LogP contribution in [0.3, 0.4) is 0 Å². The summed E-state index contributed by atoms with van der Waals surface area (Å²) < 4.78 is 38.6. The third-order valence-electron chi connectivity index (χ3n) is 3.56. The minimum Gasteiger partial charge on any atom is -0.332 e. The summed E-state index contributed by atoms with van der Waals surface area (Å²) in [5.74, 6) is 0.342. The van der Waals surface area contributed by atoms with E-state index in [1.165, 1.54) is 6.92 Å². The lowest BCUT2D eigenvalue weighted by atomic mass is 10.1. The molecule has 1 atom stereocenters. The average Bonchev–Trinajstić information content (AvgIpc) is 2.92. The highest BCUT2D eigenvalue weighted by Gasteiger charge is 2.36. The molecule has 0 saturated carbocycles. The monoisotopic (exact) mass is 335 g/mol. The molecule has 1 aromatic rings. The molecule has 1 saturated heterocycles. The standard InChI is InChI=1S/C14H17ClF3N3O/c1-9-8-11(14(16,17)18)20-13(19-9)10-4-3-7-21(10)12(22)5-2-6-15/h8,10H,2-7H2,1H3. The van der Waals surface area contributed by atoms with Crippen molar-refractivity contribution in [2.45, 2.75) is 44.8 Å². The van der Waals surface area contributed by atoms with E-state index in [2.05, 4.69) is 9.97 Å². The molecule has 1 unspecified atom stereocenters. The second-order valence-corrected chi connectivity index (χ2v) is 5.67. The fourth-order valence-corrected chi connectivity index (χ4v) is 2.71. The molecule has 4 nitrogen and oxygen atoms in total. The van der Waals surface area contributed by atoms with Crippen molar-refractivity contribution in [2.75, 3.05) is 12.4 Å². The van der Waals surface area contributed by atoms with Crippen molar-refractivity contribution in [3.8, 4) is 0 Å². The predicted molar refractivity (Wildman–Crippen MR) is 75.4 cm³/mol. The van der Waals surface area contributed by atoms with Gasteiger partial charge >= 0.3 is 6.18 Å². The SMILES string of the molecule is Cc1cc(C(F)(F)F)nc(C2CCCN2C(=O)CCCCl)n1. The van der Waals surface area contributed by atoms with Gasteiger partial charge in [0.05, 0.1) is 6.04 Å². The number of hydrogen-bond acceptors (Lipinski definition) is 3. The van der Waals surface area contributed by atoms with Crippen LogP contribution < -0.4 is 0 Å². The number of hydrogen-bond donors (Lipinski definition) is 0. The van der Waals surface area contributed by atoms with Gasteiger partial charge in [0.25, 0.3) is 0 Å². The van der Waals surface area contributed by atoms with Crippen molar-refractivity contribution in [3.63, 3.8) is 0 Å². The fourth-order valence-electron chi connectivity index (χ4n) is 2.58. The average molecular weight is 336 g/mol. The Hall–Kier alpha value is -1.37. The van der Waals surface area contributed by atoms with E-state index < -0.39 is 17.9 Å². The largest absolute Gasteiger partial charge is 0.433 e. The van der Waals surface area contributed by atoms with Gasteiger partial charge in [0.1, 0.15) is 5.69 Å². The van der Waals surface area contributed by atoms with Crippen molar-refractivity contribution in [1.82, 2.24) is 14.9 Å². The van der Waals surface area contributed by atoms with Crippen LogP contribution in [0.1, 0.15) is 48.9 Å². The number of halogens is 4. The molecule has 2 heterocycles. The molecule has 0 N–H and O–H groups in total. The van der Waals surface area contributed by atoms with Gasteiger partial charge in [0.2, 0.25) is 5.91 Å². The molecule has 0 radical (unpaired) electrons. The van der Waals surface area contributed by atoms with Crippen molar-refractivity contribution < 1.29 is 18.0 Å². The van der Waals surface area contributed by atoms with E-state index >= 15 is 0 Å². The third kappa shape index (κ3) is 3.88. The molecule has 0 aromatic carbocycles. The molecule has 22 heavy (non-hydrogen) atoms. The summed E-state index contributed by atoms with van der Waals surface area (Å²) in [6.07, 6.45) is -2.37. The molecule has 122 valence electrons. The van der Waals surface area contributed by atoms with Gasteiger partial charge in [-0.25, -0.2) is 9.97 Å². The molecule has 2 rings (SSSR count). The molecule has 1 aromatic heterocycles. The van der Waals surface area contributed by atoms with Crippen LogP contribution in [-0.4, -0.2) is 33.2 Å². The summed E-state index contributed by atoms with van der Waals surface area (Å²) in [5, 5.41) is 0. The van der Waals surface area contributed by atoms with Crippen LogP contribution >= 0.6 is 11.6 Å². The Labute approximate surface area is 131 Å². The molecule has 1 aliphatic rings. The van der Waals surface area contributed by atoms with Gasteiger partial charge in [-0.2, -0.15) is 13.2 Å². The summed E-state index contributed by atoms with van der Waals surface area (Å²) >= 11 is 5.58. The quantitative estimate of drug-likeness (QED) is 0.791. The molecule has 1 amide bonds. The highest BCUT2D eigenvalue weighted by molar-refractivity contribution is 6.17. The van der Waals surface area contributed by atoms with Crippen molar-refractivity contribution in [2.24, 2.45) is 0 Å². The first-order valence-corrected chi connectivity index (χ1v) is 7.64. The predicted octanol–water partition coefficient (Wildman–Crippen LogP) is 3.49. The zero-order chi connectivity index (χ0) is 16.3. The highest BCUT2D eigenvalue weighted by atomic mass is 35.5. The number of rotatable bonds is 4. The van der Waals surface area contributed by atoms with Crippen LogP contribution in [-0.2, 0) is 11.0 Å². The summed E-state index contributed by atoms with van der Waals surface area (Å²) in [5.41, 5.74) is -0.715. The molecule has 0 aliphatic carbocycles. The van der Waals surface area contributed by atoms with E-state index in [0.717, 1.165) is 12.5 Å². The second-order valence-electron chi connectivity index (χ2n) is 5.29. The van der Waals surface area contributed by atoms with Gasteiger partial charge in [-0.05, 0) is 32.3 Å². The van der Waals surface area contributed by atoms with Crippen LogP contribution in [0.2, 0.25) is 0 Å². The fraction of sp³-hybridized carbons (Fsp3) is 0.643. The maximum atomic E-state index is 12.9. The maximum Gasteiger partial charge on any atom is 0.433 e. The lowest BCUT2D eigenvalue weighted by molar-refractivity contribution is -0.141. The Morgan fingerprint density at radius 3 is 2.82 bits per heavy atom. The van der Waals surface area contributed by atoms with Crippen LogP contribution in [0, 0.1) is 6.92 Å². The molecule has 8 heteroatoms. The summed E-state index contributed by atoms with van der Waals surface area (Å²) in [7, 11) is 0. The molecule has 1 aliphatic heterocycles. The Morgan fingerprint density at radius 2 is 2.18 bits per heavy atom. The zero-order valence-electron chi connectivity index (χ0n) is 12.2. The van der Waals surface area contributed by atoms with E-state index in [-0.39, 0.29) is 23.8 Å². The number of amides is 1. The number of carbonyl (C=O) groups is 1. The van der Waals surface area contributed by atoms with Crippen LogP contribution in [0.5, 0.6) is 0 Å². The normalized spacial score (nSPS) is 18.8. The van der Waals surface area contributed by atoms with Crippen molar-refractivity contribution >= 4 is 17.5 Å². The third-order valence-corrected chi connectivity index (χ3v) is 3.82. The number of aryl methyl sites for hydroxylation is 1. The Morgan fingerprint density at radius 1 is 1.45 bits per heavy atom. The second kappa shape index (κ2) is 6.81. The van der Waals surface area contributed by atoms with Crippen molar-refractivity contribution in [3.05, 3.63) is 23.3 Å². The Balaban J connectivity index is 2.26. The van der Waals surface area contributed by atoms with Gasteiger partial charge in [-0.3, -0.25) is 4.79 Å². The first-order chi connectivity index (χ1) is 10.3. The Kier molecular flexibility index (Phi) is 5.26. The lowest BCUT2D eigenvalue weighted by Gasteiger charge is -2.24. The number of alkyl halides is 4. The number of carbonyl (C=O) groups excluding carboxylic acids is 1. The van der Waals surface area contributed by atoms with E-state index in [0.29, 0.717) is 25.3 Å². The summed E-state index contributed by atoms with van der Waals surface area (Å²) in [6, 6.07) is 0.432. The maximum absolute atomic E-state index is 12.9. The highest BCUT2D eigenvalue weighted by Crippen LogP contribution is 2.33. The minimum absolute atomic E-state index is 0.0732. The van der Waals surface area contributed by atoms with Crippen LogP contribution in [0.25, 0.3) is 0 Å². The summed E-state index contributed by atoms with van der Waals surface area (Å²) in [6.45, 7) is 2.01. The topological polar surface area (TPSA) is 46.1 Å². The lowest BCUT2D eigenvalue weighted by Crippen LogP contribution is -2.31. The smallest absolute Gasteiger partial charge is 0.332 e. The zero-order valence-corrected chi connectivity index (χ0v) is 12.9. The van der Waals surface area contributed by atoms with Gasteiger partial charge in [-0.15, -0.1) is 11.6 Å². The first kappa shape index (κ1) is 17.0. The number of nitrogens with zero attached hydrogens (tertiary/aromatic N) is 3. The van der Waals surface area contributed by atoms with E-state index in [4.69, 9.17) is 11.6 Å². The minimum atomic E-state index is -4.52. The van der Waals surface area contributed by atoms with Gasteiger partial charge in [-0.1, -0.05) is 0 Å². The number of aromatic nitrogens is 2. The van der Waals surface area contributed by atoms with E-state index in [1.807, 2.05) is 0 Å². The summed E-state index contributed by atoms with van der Waals surface area (Å²) in [4.78, 5) is 21.5. The molecule has 1 fully saturated rings. The van der Waals surface area contributed by atoms with Gasteiger partial charge in [0.15, 0.2) is 5.82 Å². The molecule has 0 bridgehead atoms. The van der Waals surface area contributed by atoms with E-state index in [9.17, 15) is 18.0 Å². The van der Waals surface area contributed by atoms with Gasteiger partial charge in [0, 0.05) is 24.5 Å². The van der Waals surface area contributed by atoms with Crippen LogP contribution in [0.15, 0.2) is 6.07 Å². The van der Waals surface area contributed by atoms with Crippen LogP contribution in [0.4, 0.5) is 13.2 Å². The molecular formula is C14H17ClF3N3O. The van der Waals surface area contributed by atoms with E-state index in [1.54, 1.807) is 4.90 Å². The number of likely N-dealkylation sites (tertiary alicyclic amines) is 1.